The molecule has 0 bridgehead atoms. The van der Waals surface area contributed by atoms with Crippen molar-refractivity contribution in [2.45, 2.75) is 32.1 Å². The lowest BCUT2D eigenvalue weighted by atomic mass is 9.88. The highest BCUT2D eigenvalue weighted by Gasteiger charge is 2.20. The Labute approximate surface area is 236 Å². The number of hydrogen-bond donors (Lipinski definition) is 0. The third kappa shape index (κ3) is 8.53. The molecule has 0 fully saturated rings. The Balaban J connectivity index is 1.44. The molecular formula is C34H36N2O4. The van der Waals surface area contributed by atoms with Crippen LogP contribution in [-0.2, 0) is 16.0 Å². The van der Waals surface area contributed by atoms with E-state index in [0.717, 1.165) is 24.8 Å². The fourth-order valence-electron chi connectivity index (χ4n) is 4.76. The number of aryl methyl sites for hydroxylation is 1. The van der Waals surface area contributed by atoms with Crippen molar-refractivity contribution in [2.75, 3.05) is 26.3 Å². The highest BCUT2D eigenvalue weighted by Crippen LogP contribution is 2.28. The molecule has 0 saturated heterocycles. The van der Waals surface area contributed by atoms with E-state index in [9.17, 15) is 9.59 Å². The van der Waals surface area contributed by atoms with Gasteiger partial charge in [0.2, 0.25) is 0 Å². The summed E-state index contributed by atoms with van der Waals surface area (Å²) < 4.78 is 10.5. The molecule has 0 aliphatic rings. The first-order chi connectivity index (χ1) is 19.6. The smallest absolute Gasteiger partial charge is 0.344 e. The average molecular weight is 537 g/mol. The zero-order valence-electron chi connectivity index (χ0n) is 22.9. The Bertz CT molecular complexity index is 1290. The number of carbonyl (C=O) groups is 2. The Morgan fingerprint density at radius 1 is 0.825 bits per heavy atom. The summed E-state index contributed by atoms with van der Waals surface area (Å²) >= 11 is 0. The van der Waals surface area contributed by atoms with E-state index in [2.05, 4.69) is 53.5 Å². The molecule has 0 aliphatic carbocycles. The number of amides is 1. The van der Waals surface area contributed by atoms with Crippen molar-refractivity contribution in [1.29, 1.82) is 0 Å². The second-order valence-electron chi connectivity index (χ2n) is 9.51. The van der Waals surface area contributed by atoms with Gasteiger partial charge in [0.25, 0.3) is 5.91 Å². The summed E-state index contributed by atoms with van der Waals surface area (Å²) in [5.74, 6) is 0.350. The van der Waals surface area contributed by atoms with Crippen LogP contribution in [0.15, 0.2) is 109 Å². The van der Waals surface area contributed by atoms with Gasteiger partial charge >= 0.3 is 5.97 Å². The molecule has 4 rings (SSSR count). The molecule has 4 aromatic rings. The molecular weight excluding hydrogens is 500 g/mol. The Morgan fingerprint density at radius 2 is 1.52 bits per heavy atom. The van der Waals surface area contributed by atoms with E-state index in [0.29, 0.717) is 31.1 Å². The fraction of sp³-hybridized carbons (Fsp3) is 0.265. The second-order valence-corrected chi connectivity index (χ2v) is 9.51. The minimum Gasteiger partial charge on any atom is -0.482 e. The molecule has 1 amide bonds. The molecule has 1 aromatic heterocycles. The van der Waals surface area contributed by atoms with Crippen LogP contribution in [-0.4, -0.2) is 48.1 Å². The summed E-state index contributed by atoms with van der Waals surface area (Å²) in [5.41, 5.74) is 4.00. The summed E-state index contributed by atoms with van der Waals surface area (Å²) in [6, 6.07) is 34.1. The molecule has 0 spiro atoms. The zero-order chi connectivity index (χ0) is 28.0. The summed E-state index contributed by atoms with van der Waals surface area (Å²) in [5, 5.41) is 0. The normalized spacial score (nSPS) is 10.8. The van der Waals surface area contributed by atoms with E-state index < -0.39 is 0 Å². The van der Waals surface area contributed by atoms with Crippen LogP contribution >= 0.6 is 0 Å². The first-order valence-electron chi connectivity index (χ1n) is 13.8. The Kier molecular flexibility index (Phi) is 10.9. The lowest BCUT2D eigenvalue weighted by Crippen LogP contribution is -2.34. The molecule has 0 saturated carbocycles. The number of ether oxygens (including phenoxy) is 2. The van der Waals surface area contributed by atoms with Crippen LogP contribution in [0.1, 0.15) is 52.9 Å². The average Bonchev–Trinajstić information content (AvgIpc) is 3.01. The van der Waals surface area contributed by atoms with Crippen molar-refractivity contribution < 1.29 is 19.1 Å². The highest BCUT2D eigenvalue weighted by molar-refractivity contribution is 5.92. The van der Waals surface area contributed by atoms with Gasteiger partial charge < -0.3 is 14.4 Å². The van der Waals surface area contributed by atoms with Gasteiger partial charge in [0.05, 0.1) is 6.61 Å². The van der Waals surface area contributed by atoms with Crippen molar-refractivity contribution in [3.63, 3.8) is 0 Å². The number of nitrogens with zero attached hydrogens (tertiary/aromatic N) is 2. The lowest BCUT2D eigenvalue weighted by Gasteiger charge is -2.26. The van der Waals surface area contributed by atoms with Crippen LogP contribution in [0.2, 0.25) is 0 Å². The van der Waals surface area contributed by atoms with Gasteiger partial charge in [0, 0.05) is 25.2 Å². The predicted molar refractivity (Wildman–Crippen MR) is 156 cm³/mol. The number of carbonyl (C=O) groups excluding carboxylic acids is 2. The Hall–Kier alpha value is -4.45. The minimum absolute atomic E-state index is 0.0630. The van der Waals surface area contributed by atoms with Gasteiger partial charge in [-0.05, 0) is 67.1 Å². The molecule has 0 aliphatic heterocycles. The molecule has 40 heavy (non-hydrogen) atoms. The van der Waals surface area contributed by atoms with E-state index in [4.69, 9.17) is 9.47 Å². The Morgan fingerprint density at radius 3 is 2.17 bits per heavy atom. The number of aromatic nitrogens is 1. The largest absolute Gasteiger partial charge is 0.482 e. The molecule has 0 atom stereocenters. The number of esters is 1. The van der Waals surface area contributed by atoms with Gasteiger partial charge in [-0.1, -0.05) is 78.9 Å². The van der Waals surface area contributed by atoms with Crippen LogP contribution in [0.25, 0.3) is 0 Å². The second kappa shape index (κ2) is 15.2. The van der Waals surface area contributed by atoms with Gasteiger partial charge in [0.15, 0.2) is 6.61 Å². The monoisotopic (exact) mass is 536 g/mol. The van der Waals surface area contributed by atoms with Crippen LogP contribution in [0.5, 0.6) is 5.75 Å². The maximum absolute atomic E-state index is 13.5. The zero-order valence-corrected chi connectivity index (χ0v) is 22.9. The van der Waals surface area contributed by atoms with E-state index in [-0.39, 0.29) is 24.4 Å². The third-order valence-electron chi connectivity index (χ3n) is 6.72. The van der Waals surface area contributed by atoms with Gasteiger partial charge in [-0.15, -0.1) is 0 Å². The van der Waals surface area contributed by atoms with Crippen LogP contribution in [0.4, 0.5) is 0 Å². The summed E-state index contributed by atoms with van der Waals surface area (Å²) in [6.07, 6.45) is 4.00. The summed E-state index contributed by atoms with van der Waals surface area (Å²) in [4.78, 5) is 31.4. The number of pyridine rings is 1. The molecule has 1 heterocycles. The summed E-state index contributed by atoms with van der Waals surface area (Å²) in [7, 11) is 0. The predicted octanol–water partition coefficient (Wildman–Crippen LogP) is 6.32. The molecule has 6 heteroatoms. The molecule has 0 radical (unpaired) electrons. The molecule has 3 aromatic carbocycles. The molecule has 0 N–H and O–H groups in total. The topological polar surface area (TPSA) is 68.7 Å². The first-order valence-corrected chi connectivity index (χ1v) is 13.8. The van der Waals surface area contributed by atoms with Crippen LogP contribution in [0, 0.1) is 0 Å². The number of rotatable bonds is 14. The number of hydrogen-bond acceptors (Lipinski definition) is 5. The van der Waals surface area contributed by atoms with E-state index >= 15 is 0 Å². The molecule has 206 valence electrons. The van der Waals surface area contributed by atoms with Gasteiger partial charge in [-0.3, -0.25) is 9.78 Å². The maximum atomic E-state index is 13.5. The van der Waals surface area contributed by atoms with Gasteiger partial charge in [-0.25, -0.2) is 4.79 Å². The van der Waals surface area contributed by atoms with Crippen molar-refractivity contribution in [3.05, 3.63) is 132 Å². The molecule has 0 unspecified atom stereocenters. The summed E-state index contributed by atoms with van der Waals surface area (Å²) in [6.45, 7) is 3.18. The van der Waals surface area contributed by atoms with Crippen LogP contribution in [0.3, 0.4) is 0 Å². The standard InChI is InChI=1S/C34H36N2O4/c1-2-39-33(37)26-40-30-19-11-13-27(25-30)14-12-23-36(34(38)32-20-9-10-22-35-32)24-21-31(28-15-5-3-6-16-28)29-17-7-4-8-18-29/h3-11,13,15-20,22,25,31H,2,12,14,21,23-24,26H2,1H3. The molecule has 6 nitrogen and oxygen atoms in total. The number of benzene rings is 3. The van der Waals surface area contributed by atoms with E-state index in [1.807, 2.05) is 53.4 Å². The first kappa shape index (κ1) is 28.6. The highest BCUT2D eigenvalue weighted by atomic mass is 16.6. The maximum Gasteiger partial charge on any atom is 0.344 e. The lowest BCUT2D eigenvalue weighted by molar-refractivity contribution is -0.145. The van der Waals surface area contributed by atoms with Gasteiger partial charge in [-0.2, -0.15) is 0 Å². The quantitative estimate of drug-likeness (QED) is 0.176. The van der Waals surface area contributed by atoms with E-state index in [1.54, 1.807) is 19.2 Å². The third-order valence-corrected chi connectivity index (χ3v) is 6.72. The van der Waals surface area contributed by atoms with Gasteiger partial charge in [0.1, 0.15) is 11.4 Å². The van der Waals surface area contributed by atoms with Crippen molar-refractivity contribution >= 4 is 11.9 Å². The van der Waals surface area contributed by atoms with Crippen molar-refractivity contribution in [2.24, 2.45) is 0 Å². The van der Waals surface area contributed by atoms with E-state index in [1.165, 1.54) is 11.1 Å². The minimum atomic E-state index is -0.388. The SMILES string of the molecule is CCOC(=O)COc1cccc(CCCN(CCC(c2ccccc2)c2ccccc2)C(=O)c2ccccn2)c1. The van der Waals surface area contributed by atoms with Crippen molar-refractivity contribution in [1.82, 2.24) is 9.88 Å². The fourth-order valence-corrected chi connectivity index (χ4v) is 4.76. The van der Waals surface area contributed by atoms with Crippen LogP contribution < -0.4 is 4.74 Å². The van der Waals surface area contributed by atoms with Crippen molar-refractivity contribution in [3.8, 4) is 5.75 Å².